The number of pyridine rings is 1. The summed E-state index contributed by atoms with van der Waals surface area (Å²) in [6, 6.07) is 3.35. The first-order chi connectivity index (χ1) is 6.76. The molecule has 1 aromatic rings. The maximum Gasteiger partial charge on any atom is 0.133 e. The van der Waals surface area contributed by atoms with Gasteiger partial charge in [0.05, 0.1) is 18.9 Å². The molecule has 0 atom stereocenters. The number of hydrogen-bond acceptors (Lipinski definition) is 3. The number of ether oxygens (including phenoxy) is 1. The van der Waals surface area contributed by atoms with Gasteiger partial charge in [-0.3, -0.25) is 0 Å². The topological polar surface area (TPSA) is 42.4 Å². The van der Waals surface area contributed by atoms with Crippen molar-refractivity contribution in [1.29, 1.82) is 0 Å². The van der Waals surface area contributed by atoms with E-state index in [2.05, 4.69) is 11.9 Å². The van der Waals surface area contributed by atoms with Crippen molar-refractivity contribution in [2.45, 2.75) is 26.4 Å². The molecule has 0 aliphatic carbocycles. The van der Waals surface area contributed by atoms with Gasteiger partial charge in [0.25, 0.3) is 0 Å². The van der Waals surface area contributed by atoms with Crippen LogP contribution in [0.1, 0.15) is 25.5 Å². The van der Waals surface area contributed by atoms with Crippen molar-refractivity contribution in [2.24, 2.45) is 0 Å². The van der Waals surface area contributed by atoms with Crippen molar-refractivity contribution in [2.75, 3.05) is 6.61 Å². The van der Waals surface area contributed by atoms with Crippen LogP contribution in [0.25, 0.3) is 0 Å². The maximum atomic E-state index is 8.88. The predicted molar refractivity (Wildman–Crippen MR) is 55.6 cm³/mol. The van der Waals surface area contributed by atoms with Gasteiger partial charge in [-0.15, -0.1) is 0 Å². The highest BCUT2D eigenvalue weighted by molar-refractivity contribution is 6.29. The minimum absolute atomic E-state index is 0.120. The van der Waals surface area contributed by atoms with Crippen LogP contribution in [0.2, 0.25) is 5.15 Å². The Bertz CT molecular complexity index is 291. The highest BCUT2D eigenvalue weighted by Gasteiger charge is 2.00. The van der Waals surface area contributed by atoms with Gasteiger partial charge in [0.1, 0.15) is 10.9 Å². The average molecular weight is 216 g/mol. The van der Waals surface area contributed by atoms with Crippen LogP contribution in [-0.4, -0.2) is 16.7 Å². The Balaban J connectivity index is 2.62. The van der Waals surface area contributed by atoms with Crippen molar-refractivity contribution in [1.82, 2.24) is 4.98 Å². The Morgan fingerprint density at radius 1 is 1.50 bits per heavy atom. The molecule has 0 saturated carbocycles. The molecule has 0 saturated heterocycles. The maximum absolute atomic E-state index is 8.88. The zero-order valence-electron chi connectivity index (χ0n) is 8.16. The van der Waals surface area contributed by atoms with Gasteiger partial charge in [-0.1, -0.05) is 24.9 Å². The first kappa shape index (κ1) is 11.3. The first-order valence-corrected chi connectivity index (χ1v) is 5.04. The third-order valence-corrected chi connectivity index (χ3v) is 1.94. The second-order valence-corrected chi connectivity index (χ2v) is 3.36. The van der Waals surface area contributed by atoms with E-state index in [1.54, 1.807) is 12.1 Å². The lowest BCUT2D eigenvalue weighted by atomic mass is 10.3. The smallest absolute Gasteiger partial charge is 0.133 e. The molecule has 1 heterocycles. The lowest BCUT2D eigenvalue weighted by Crippen LogP contribution is -1.98. The Kier molecular flexibility index (Phi) is 4.70. The molecule has 78 valence electrons. The zero-order chi connectivity index (χ0) is 10.4. The van der Waals surface area contributed by atoms with Crippen molar-refractivity contribution in [3.63, 3.8) is 0 Å². The van der Waals surface area contributed by atoms with Gasteiger partial charge < -0.3 is 9.84 Å². The predicted octanol–water partition coefficient (Wildman–Crippen LogP) is 2.41. The summed E-state index contributed by atoms with van der Waals surface area (Å²) in [5.41, 5.74) is 0.531. The van der Waals surface area contributed by atoms with Crippen LogP contribution in [0.3, 0.4) is 0 Å². The fourth-order valence-corrected chi connectivity index (χ4v) is 1.24. The summed E-state index contributed by atoms with van der Waals surface area (Å²) in [5.74, 6) is 0.669. The minimum Gasteiger partial charge on any atom is -0.493 e. The monoisotopic (exact) mass is 215 g/mol. The molecule has 0 aromatic carbocycles. The number of rotatable bonds is 5. The van der Waals surface area contributed by atoms with Crippen LogP contribution >= 0.6 is 11.6 Å². The Morgan fingerprint density at radius 2 is 2.29 bits per heavy atom. The number of aliphatic hydroxyl groups is 1. The molecule has 0 radical (unpaired) electrons. The van der Waals surface area contributed by atoms with E-state index >= 15 is 0 Å². The largest absolute Gasteiger partial charge is 0.493 e. The highest BCUT2D eigenvalue weighted by Crippen LogP contribution is 2.18. The van der Waals surface area contributed by atoms with E-state index in [0.29, 0.717) is 23.2 Å². The number of aliphatic hydroxyl groups excluding tert-OH is 1. The molecule has 14 heavy (non-hydrogen) atoms. The Hall–Kier alpha value is -0.800. The van der Waals surface area contributed by atoms with E-state index in [1.165, 1.54) is 0 Å². The van der Waals surface area contributed by atoms with Crippen LogP contribution in [0, 0.1) is 0 Å². The van der Waals surface area contributed by atoms with Gasteiger partial charge in [0.2, 0.25) is 0 Å². The van der Waals surface area contributed by atoms with Crippen LogP contribution < -0.4 is 4.74 Å². The standard InChI is InChI=1S/C10H14ClNO2/c1-2-3-4-14-9-5-8(7-13)12-10(11)6-9/h5-6,13H,2-4,7H2,1H3. The molecule has 0 aliphatic heterocycles. The molecule has 3 nitrogen and oxygen atoms in total. The summed E-state index contributed by atoms with van der Waals surface area (Å²) < 4.78 is 5.43. The summed E-state index contributed by atoms with van der Waals surface area (Å²) in [6.45, 7) is 2.65. The number of hydrogen-bond donors (Lipinski definition) is 1. The summed E-state index contributed by atoms with van der Waals surface area (Å²) in [5, 5.41) is 9.23. The van der Waals surface area contributed by atoms with Crippen LogP contribution in [-0.2, 0) is 6.61 Å². The normalized spacial score (nSPS) is 10.2. The van der Waals surface area contributed by atoms with E-state index in [-0.39, 0.29) is 6.61 Å². The summed E-state index contributed by atoms with van der Waals surface area (Å²) >= 11 is 5.74. The molecule has 0 amide bonds. The lowest BCUT2D eigenvalue weighted by Gasteiger charge is -2.06. The lowest BCUT2D eigenvalue weighted by molar-refractivity contribution is 0.273. The zero-order valence-corrected chi connectivity index (χ0v) is 8.92. The SMILES string of the molecule is CCCCOc1cc(Cl)nc(CO)c1. The molecule has 1 rings (SSSR count). The molecule has 4 heteroatoms. The van der Waals surface area contributed by atoms with E-state index in [4.69, 9.17) is 21.4 Å². The van der Waals surface area contributed by atoms with E-state index in [9.17, 15) is 0 Å². The molecule has 0 aliphatic rings. The number of halogens is 1. The van der Waals surface area contributed by atoms with Gasteiger partial charge in [0.15, 0.2) is 0 Å². The van der Waals surface area contributed by atoms with Gasteiger partial charge in [-0.25, -0.2) is 4.98 Å². The third kappa shape index (κ3) is 3.52. The fourth-order valence-electron chi connectivity index (χ4n) is 1.02. The molecular formula is C10H14ClNO2. The van der Waals surface area contributed by atoms with Gasteiger partial charge in [-0.05, 0) is 6.42 Å². The van der Waals surface area contributed by atoms with Gasteiger partial charge in [-0.2, -0.15) is 0 Å². The van der Waals surface area contributed by atoms with Crippen LogP contribution in [0.4, 0.5) is 0 Å². The molecule has 0 spiro atoms. The van der Waals surface area contributed by atoms with Crippen molar-refractivity contribution in [3.05, 3.63) is 23.0 Å². The third-order valence-electron chi connectivity index (χ3n) is 1.75. The van der Waals surface area contributed by atoms with Crippen LogP contribution in [0.5, 0.6) is 5.75 Å². The highest BCUT2D eigenvalue weighted by atomic mass is 35.5. The fraction of sp³-hybridized carbons (Fsp3) is 0.500. The first-order valence-electron chi connectivity index (χ1n) is 4.66. The molecule has 0 bridgehead atoms. The summed E-state index contributed by atoms with van der Waals surface area (Å²) in [7, 11) is 0. The summed E-state index contributed by atoms with van der Waals surface area (Å²) in [6.07, 6.45) is 2.10. The van der Waals surface area contributed by atoms with E-state index in [1.807, 2.05) is 0 Å². The number of nitrogens with zero attached hydrogens (tertiary/aromatic N) is 1. The number of aromatic nitrogens is 1. The number of unbranched alkanes of at least 4 members (excludes halogenated alkanes) is 1. The van der Waals surface area contributed by atoms with E-state index < -0.39 is 0 Å². The second-order valence-electron chi connectivity index (χ2n) is 2.98. The van der Waals surface area contributed by atoms with Crippen molar-refractivity contribution in [3.8, 4) is 5.75 Å². The average Bonchev–Trinajstić information content (AvgIpc) is 2.17. The van der Waals surface area contributed by atoms with Crippen molar-refractivity contribution < 1.29 is 9.84 Å². The molecule has 0 unspecified atom stereocenters. The van der Waals surface area contributed by atoms with Crippen molar-refractivity contribution >= 4 is 11.6 Å². The van der Waals surface area contributed by atoms with Crippen LogP contribution in [0.15, 0.2) is 12.1 Å². The Morgan fingerprint density at radius 3 is 2.93 bits per heavy atom. The Labute approximate surface area is 88.7 Å². The summed E-state index contributed by atoms with van der Waals surface area (Å²) in [4.78, 5) is 3.92. The quantitative estimate of drug-likeness (QED) is 0.606. The van der Waals surface area contributed by atoms with Gasteiger partial charge in [0, 0.05) is 12.1 Å². The molecule has 1 aromatic heterocycles. The second kappa shape index (κ2) is 5.83. The molecular weight excluding hydrogens is 202 g/mol. The minimum atomic E-state index is -0.120. The molecule has 1 N–H and O–H groups in total. The van der Waals surface area contributed by atoms with E-state index in [0.717, 1.165) is 12.8 Å². The van der Waals surface area contributed by atoms with Gasteiger partial charge >= 0.3 is 0 Å². The molecule has 0 fully saturated rings.